The second-order valence-electron chi connectivity index (χ2n) is 7.63. The van der Waals surface area contributed by atoms with E-state index in [9.17, 15) is 4.79 Å². The van der Waals surface area contributed by atoms with Crippen molar-refractivity contribution in [2.24, 2.45) is 13.0 Å². The first kappa shape index (κ1) is 21.6. The van der Waals surface area contributed by atoms with Crippen LogP contribution in [0.25, 0.3) is 0 Å². The lowest BCUT2D eigenvalue weighted by molar-refractivity contribution is -0.119. The van der Waals surface area contributed by atoms with Gasteiger partial charge in [0.25, 0.3) is 0 Å². The predicted octanol–water partition coefficient (Wildman–Crippen LogP) is 4.64. The molecular weight excluding hydrogens is 400 g/mol. The number of rotatable bonds is 9. The Morgan fingerprint density at radius 2 is 1.93 bits per heavy atom. The van der Waals surface area contributed by atoms with Gasteiger partial charge in [0.1, 0.15) is 5.82 Å². The third-order valence-corrected chi connectivity index (χ3v) is 6.57. The van der Waals surface area contributed by atoms with Crippen molar-refractivity contribution in [1.29, 1.82) is 0 Å². The van der Waals surface area contributed by atoms with E-state index in [1.54, 1.807) is 11.3 Å². The number of nitrogens with one attached hydrogen (secondary N) is 1. The average molecular weight is 429 g/mol. The van der Waals surface area contributed by atoms with Crippen molar-refractivity contribution >= 4 is 29.0 Å². The average Bonchev–Trinajstić information content (AvgIpc) is 3.31. The summed E-state index contributed by atoms with van der Waals surface area (Å²) in [5.41, 5.74) is 2.45. The molecule has 3 rings (SSSR count). The van der Waals surface area contributed by atoms with Crippen LogP contribution >= 0.6 is 23.1 Å². The number of amides is 1. The molecule has 154 valence electrons. The number of hydrogen-bond donors (Lipinski definition) is 1. The standard InChI is InChI=1S/C22H28N4OS2/c1-15(2)12-17-7-9-18(10-8-17)16(3)23-21(27)14-29-22-25-24-20(26(22)4)13-19-6-5-11-28-19/h5-11,15-16H,12-14H2,1-4H3,(H,23,27). The van der Waals surface area contributed by atoms with Gasteiger partial charge in [-0.25, -0.2) is 0 Å². The SMILES string of the molecule is CC(C)Cc1ccc(C(C)NC(=O)CSc2nnc(Cc3cccs3)n2C)cc1. The van der Waals surface area contributed by atoms with E-state index >= 15 is 0 Å². The van der Waals surface area contributed by atoms with Crippen molar-refractivity contribution in [1.82, 2.24) is 20.1 Å². The molecule has 3 aromatic rings. The Balaban J connectivity index is 1.50. The highest BCUT2D eigenvalue weighted by atomic mass is 32.2. The molecular formula is C22H28N4OS2. The van der Waals surface area contributed by atoms with Gasteiger partial charge in [0, 0.05) is 18.3 Å². The monoisotopic (exact) mass is 428 g/mol. The molecule has 0 saturated carbocycles. The van der Waals surface area contributed by atoms with E-state index in [-0.39, 0.29) is 11.9 Å². The van der Waals surface area contributed by atoms with Crippen LogP contribution in [0.5, 0.6) is 0 Å². The van der Waals surface area contributed by atoms with Gasteiger partial charge in [0.05, 0.1) is 11.8 Å². The topological polar surface area (TPSA) is 59.8 Å². The molecule has 1 N–H and O–H groups in total. The fourth-order valence-electron chi connectivity index (χ4n) is 3.10. The van der Waals surface area contributed by atoms with Crippen molar-refractivity contribution in [3.63, 3.8) is 0 Å². The molecule has 7 heteroatoms. The Hall–Kier alpha value is -2.12. The van der Waals surface area contributed by atoms with E-state index in [0.29, 0.717) is 11.7 Å². The Labute approximate surface area is 180 Å². The minimum atomic E-state index is -0.0231. The summed E-state index contributed by atoms with van der Waals surface area (Å²) in [6.07, 6.45) is 1.83. The molecule has 1 unspecified atom stereocenters. The van der Waals surface area contributed by atoms with E-state index in [1.807, 2.05) is 24.6 Å². The van der Waals surface area contributed by atoms with Gasteiger partial charge in [-0.2, -0.15) is 0 Å². The fourth-order valence-corrected chi connectivity index (χ4v) is 4.55. The molecule has 0 saturated heterocycles. The zero-order chi connectivity index (χ0) is 20.8. The van der Waals surface area contributed by atoms with Crippen molar-refractivity contribution in [3.05, 3.63) is 63.6 Å². The Kier molecular flexibility index (Phi) is 7.50. The van der Waals surface area contributed by atoms with E-state index in [0.717, 1.165) is 29.4 Å². The molecule has 0 aliphatic heterocycles. The summed E-state index contributed by atoms with van der Waals surface area (Å²) >= 11 is 3.13. The highest BCUT2D eigenvalue weighted by molar-refractivity contribution is 7.99. The van der Waals surface area contributed by atoms with Gasteiger partial charge < -0.3 is 9.88 Å². The largest absolute Gasteiger partial charge is 0.349 e. The van der Waals surface area contributed by atoms with E-state index in [2.05, 4.69) is 65.1 Å². The molecule has 0 aliphatic rings. The van der Waals surface area contributed by atoms with Crippen LogP contribution in [0.2, 0.25) is 0 Å². The second-order valence-corrected chi connectivity index (χ2v) is 9.61. The Bertz CT molecular complexity index is 917. The highest BCUT2D eigenvalue weighted by Gasteiger charge is 2.14. The molecule has 0 bridgehead atoms. The van der Waals surface area contributed by atoms with Crippen molar-refractivity contribution in [2.45, 2.75) is 44.8 Å². The van der Waals surface area contributed by atoms with Crippen molar-refractivity contribution in [2.75, 3.05) is 5.75 Å². The summed E-state index contributed by atoms with van der Waals surface area (Å²) in [4.78, 5) is 13.7. The number of benzene rings is 1. The molecule has 1 amide bonds. The summed E-state index contributed by atoms with van der Waals surface area (Å²) in [6, 6.07) is 12.6. The number of aromatic nitrogens is 3. The van der Waals surface area contributed by atoms with Gasteiger partial charge in [-0.15, -0.1) is 21.5 Å². The number of thiophene rings is 1. The number of nitrogens with zero attached hydrogens (tertiary/aromatic N) is 3. The van der Waals surface area contributed by atoms with Crippen molar-refractivity contribution < 1.29 is 4.79 Å². The van der Waals surface area contributed by atoms with Crippen LogP contribution in [-0.4, -0.2) is 26.4 Å². The molecule has 29 heavy (non-hydrogen) atoms. The molecule has 0 spiro atoms. The molecule has 0 radical (unpaired) electrons. The van der Waals surface area contributed by atoms with E-state index < -0.39 is 0 Å². The number of carbonyl (C=O) groups is 1. The highest BCUT2D eigenvalue weighted by Crippen LogP contribution is 2.20. The zero-order valence-corrected chi connectivity index (χ0v) is 19.0. The molecule has 0 fully saturated rings. The minimum Gasteiger partial charge on any atom is -0.349 e. The van der Waals surface area contributed by atoms with E-state index in [1.165, 1.54) is 22.2 Å². The number of carbonyl (C=O) groups excluding carboxylic acids is 1. The first-order chi connectivity index (χ1) is 13.9. The smallest absolute Gasteiger partial charge is 0.230 e. The van der Waals surface area contributed by atoms with Gasteiger partial charge in [-0.3, -0.25) is 4.79 Å². The van der Waals surface area contributed by atoms with Gasteiger partial charge in [0.15, 0.2) is 5.16 Å². The normalized spacial score (nSPS) is 12.3. The van der Waals surface area contributed by atoms with Gasteiger partial charge >= 0.3 is 0 Å². The third kappa shape index (κ3) is 6.18. The maximum Gasteiger partial charge on any atom is 0.230 e. The molecule has 0 aliphatic carbocycles. The van der Waals surface area contributed by atoms with Crippen molar-refractivity contribution in [3.8, 4) is 0 Å². The summed E-state index contributed by atoms with van der Waals surface area (Å²) in [5, 5.41) is 14.4. The lowest BCUT2D eigenvalue weighted by atomic mass is 10.00. The molecule has 2 aromatic heterocycles. The maximum absolute atomic E-state index is 12.4. The van der Waals surface area contributed by atoms with Crippen LogP contribution in [0.3, 0.4) is 0 Å². The Morgan fingerprint density at radius 1 is 1.17 bits per heavy atom. The zero-order valence-electron chi connectivity index (χ0n) is 17.4. The van der Waals surface area contributed by atoms with Crippen LogP contribution < -0.4 is 5.32 Å². The fraction of sp³-hybridized carbons (Fsp3) is 0.409. The molecule has 5 nitrogen and oxygen atoms in total. The second kappa shape index (κ2) is 10.1. The maximum atomic E-state index is 12.4. The van der Waals surface area contributed by atoms with E-state index in [4.69, 9.17) is 0 Å². The van der Waals surface area contributed by atoms with Gasteiger partial charge in [0.2, 0.25) is 5.91 Å². The number of thioether (sulfide) groups is 1. The molecule has 1 aromatic carbocycles. The summed E-state index contributed by atoms with van der Waals surface area (Å²) in [7, 11) is 1.95. The minimum absolute atomic E-state index is 0.00318. The van der Waals surface area contributed by atoms with Crippen LogP contribution in [-0.2, 0) is 24.7 Å². The van der Waals surface area contributed by atoms with Crippen LogP contribution in [0.1, 0.15) is 48.6 Å². The molecule has 2 heterocycles. The van der Waals surface area contributed by atoms with Crippen LogP contribution in [0.15, 0.2) is 46.9 Å². The molecule has 1 atom stereocenters. The Morgan fingerprint density at radius 3 is 2.59 bits per heavy atom. The quantitative estimate of drug-likeness (QED) is 0.505. The van der Waals surface area contributed by atoms with Gasteiger partial charge in [-0.1, -0.05) is 55.9 Å². The van der Waals surface area contributed by atoms with Crippen LogP contribution in [0, 0.1) is 5.92 Å². The predicted molar refractivity (Wildman–Crippen MR) is 120 cm³/mol. The lowest BCUT2D eigenvalue weighted by Gasteiger charge is -2.15. The summed E-state index contributed by atoms with van der Waals surface area (Å²) < 4.78 is 1.97. The number of hydrogen-bond acceptors (Lipinski definition) is 5. The first-order valence-electron chi connectivity index (χ1n) is 9.84. The van der Waals surface area contributed by atoms with Gasteiger partial charge in [-0.05, 0) is 41.8 Å². The van der Waals surface area contributed by atoms with Crippen LogP contribution in [0.4, 0.5) is 0 Å². The third-order valence-electron chi connectivity index (χ3n) is 4.67. The summed E-state index contributed by atoms with van der Waals surface area (Å²) in [6.45, 7) is 6.45. The first-order valence-corrected chi connectivity index (χ1v) is 11.7. The lowest BCUT2D eigenvalue weighted by Crippen LogP contribution is -2.28. The summed E-state index contributed by atoms with van der Waals surface area (Å²) in [5.74, 6) is 1.86.